The normalized spacial score (nSPS) is 11.9. The molecular weight excluding hydrogens is 1830 g/mol. The number of nitrogens with two attached hydrogens (primary N) is 1. The minimum Gasteiger partial charge on any atom is -0.508 e. The van der Waals surface area contributed by atoms with Crippen LogP contribution in [-0.2, 0) is 60.5 Å². The molecule has 0 saturated carbocycles. The first-order valence-corrected chi connectivity index (χ1v) is 45.7. The fourth-order valence-corrected chi connectivity index (χ4v) is 14.5. The number of aromatic nitrogens is 8. The number of hydroxylamine groups is 2. The number of imide groups is 1. The predicted octanol–water partition coefficient (Wildman–Crippen LogP) is 16.6. The third kappa shape index (κ3) is 32.4. The van der Waals surface area contributed by atoms with Gasteiger partial charge in [-0.05, 0) is 173 Å². The average molecular weight is 1940 g/mol. The lowest BCUT2D eigenvalue weighted by Gasteiger charge is -2.16. The van der Waals surface area contributed by atoms with E-state index in [1.165, 1.54) is 112 Å². The maximum atomic E-state index is 12.7. The van der Waals surface area contributed by atoms with Crippen molar-refractivity contribution in [1.29, 1.82) is 0 Å². The Kier molecular flexibility index (Phi) is 40.6. The molecule has 0 bridgehead atoms. The van der Waals surface area contributed by atoms with Crippen molar-refractivity contribution in [3.63, 3.8) is 0 Å². The van der Waals surface area contributed by atoms with E-state index < -0.39 is 41.5 Å². The van der Waals surface area contributed by atoms with Crippen molar-refractivity contribution in [2.45, 2.75) is 138 Å². The number of Topliss-reactive ketones (excluding diaryl/α,β-unsaturated/α-hetero) is 2. The number of aromatic hydroxyl groups is 2. The SMILES string of the molecule is C1CCOC1.CC(=O)NCCNC(=O)CCCC(=O)Nc1cccc(-c2nnc(-c3ccc(C)cc3)nn2)c1.CC(=O)ON1C(=O)CCC1=O.CCN(CC)CC.NCCCC(=O)CCCC(=O)CCc1ccc(-c2nnc(-c3ccc(C(F)(F)F)cc3)nn2)cc1.O=C(O)c1ccccc1-c1c2ccc(=O)cc-2oc2cc(O)ccc12.O=C(O)c1ccccc1-c1c2ccc(=O)cc-2oc2cc(O)ccc12. The number of phenols is 2. The highest BCUT2D eigenvalue weighted by Gasteiger charge is 2.33. The van der Waals surface area contributed by atoms with Gasteiger partial charge in [0.2, 0.25) is 41.0 Å². The zero-order chi connectivity index (χ0) is 102. The van der Waals surface area contributed by atoms with E-state index in [9.17, 15) is 91.1 Å². The summed E-state index contributed by atoms with van der Waals surface area (Å²) in [6.07, 6.45) is 2.77. The number of aryl methyl sites for hydroxylation is 2. The number of benzene rings is 10. The number of carboxylic acids is 2. The number of carbonyl (C=O) groups excluding carboxylic acids is 8. The molecule has 0 spiro atoms. The van der Waals surface area contributed by atoms with Crippen molar-refractivity contribution in [2.75, 3.05) is 57.8 Å². The second-order valence-electron chi connectivity index (χ2n) is 32.3. The van der Waals surface area contributed by atoms with Crippen molar-refractivity contribution < 1.29 is 100.0 Å². The molecule has 8 aromatic carbocycles. The van der Waals surface area contributed by atoms with E-state index >= 15 is 0 Å². The smallest absolute Gasteiger partial charge is 0.416 e. The quantitative estimate of drug-likeness (QED) is 0.0118. The molecule has 16 rings (SSSR count). The first-order valence-electron chi connectivity index (χ1n) is 45.7. The molecule has 142 heavy (non-hydrogen) atoms. The van der Waals surface area contributed by atoms with Crippen LogP contribution in [0, 0.1) is 6.92 Å². The average Bonchev–Trinajstić information content (AvgIpc) is 0.765. The van der Waals surface area contributed by atoms with Crippen LogP contribution in [0.5, 0.6) is 11.5 Å². The number of ketones is 2. The van der Waals surface area contributed by atoms with E-state index in [1.807, 2.05) is 49.4 Å². The van der Waals surface area contributed by atoms with Gasteiger partial charge >= 0.3 is 24.1 Å². The van der Waals surface area contributed by atoms with Crippen LogP contribution in [0.4, 0.5) is 18.9 Å². The maximum absolute atomic E-state index is 12.7. The van der Waals surface area contributed by atoms with Gasteiger partial charge in [-0.1, -0.05) is 136 Å². The van der Waals surface area contributed by atoms with Crippen molar-refractivity contribution in [3.05, 3.63) is 267 Å². The minimum absolute atomic E-state index is 0.0198. The number of ether oxygens (including phenoxy) is 1. The summed E-state index contributed by atoms with van der Waals surface area (Å²) in [4.78, 5) is 144. The fraction of sp³-hybridized carbons (Fsp3) is 0.276. The molecule has 0 radical (unpaired) electrons. The molecule has 10 aromatic rings. The zero-order valence-corrected chi connectivity index (χ0v) is 78.8. The van der Waals surface area contributed by atoms with Gasteiger partial charge in [-0.15, -0.1) is 45.9 Å². The highest BCUT2D eigenvalue weighted by Crippen LogP contribution is 2.44. The zero-order valence-electron chi connectivity index (χ0n) is 78.8. The van der Waals surface area contributed by atoms with Crippen molar-refractivity contribution in [1.82, 2.24) is 61.4 Å². The highest BCUT2D eigenvalue weighted by atomic mass is 19.4. The molecule has 0 atom stereocenters. The molecule has 2 aliphatic carbocycles. The second kappa shape index (κ2) is 53.5. The van der Waals surface area contributed by atoms with Crippen LogP contribution >= 0.6 is 0 Å². The third-order valence-electron chi connectivity index (χ3n) is 21.8. The highest BCUT2D eigenvalue weighted by molar-refractivity contribution is 6.09. The lowest BCUT2D eigenvalue weighted by molar-refractivity contribution is -0.195. The number of alkyl halides is 3. The van der Waals surface area contributed by atoms with Crippen LogP contribution in [0.1, 0.15) is 155 Å². The molecule has 5 amide bonds. The number of phenolic OH excluding ortho intramolecular Hbond substituents is 2. The number of anilines is 1. The number of carboxylic acid groups (broad SMARTS) is 2. The molecule has 4 aliphatic heterocycles. The topological polar surface area (TPSA) is 502 Å². The molecule has 2 aromatic heterocycles. The predicted molar refractivity (Wildman–Crippen MR) is 524 cm³/mol. The van der Waals surface area contributed by atoms with Gasteiger partial charge in [0, 0.05) is 177 Å². The summed E-state index contributed by atoms with van der Waals surface area (Å²) in [5.74, 6) is -1.99. The van der Waals surface area contributed by atoms with Crippen molar-refractivity contribution in [2.24, 2.45) is 5.73 Å². The first kappa shape index (κ1) is 108. The van der Waals surface area contributed by atoms with Gasteiger partial charge in [0.15, 0.2) is 10.9 Å². The van der Waals surface area contributed by atoms with E-state index in [2.05, 4.69) is 87.2 Å². The Bertz CT molecular complexity index is 6550. The number of rotatable bonds is 30. The number of halogens is 3. The number of fused-ring (bicyclic) bond motifs is 4. The Morgan fingerprint density at radius 1 is 0.472 bits per heavy atom. The number of carbonyl (C=O) groups is 10. The molecule has 0 unspecified atom stereocenters. The van der Waals surface area contributed by atoms with Crippen LogP contribution < -0.4 is 32.5 Å². The Hall–Kier alpha value is -16.4. The second-order valence-corrected chi connectivity index (χ2v) is 32.3. The minimum atomic E-state index is -4.41. The number of nitrogens with one attached hydrogen (secondary N) is 3. The van der Waals surface area contributed by atoms with Gasteiger partial charge in [-0.25, -0.2) is 14.4 Å². The number of hydrogen-bond acceptors (Lipinski definition) is 28. The van der Waals surface area contributed by atoms with Crippen LogP contribution in [0.25, 0.3) is 112 Å². The summed E-state index contributed by atoms with van der Waals surface area (Å²) in [7, 11) is 0. The van der Waals surface area contributed by atoms with Gasteiger partial charge in [0.05, 0.1) is 16.7 Å². The number of hydrogen-bond donors (Lipinski definition) is 8. The standard InChI is InChI=1S/C25H26F3N5O2.C24H27N7O3.2C20H12O5.C6H7NO4.C6H15N.C4H8O/c26-25(27,28)20-13-11-19(12-14-20)24-32-30-23(31-33-24)18-9-6-17(7-10-18)8-15-22(35)4-1-3-21(34)5-2-16-29;1-16-9-11-18(12-10-16)23-28-30-24(31-29-23)19-5-3-6-20(15-19)27-22(34)8-4-7-21(33)26-14-13-25-17(2)32;2*21-11-5-7-15-17(9-11)25-18-10-12(22)6-8-16(18)19(15)13-3-1-2-4-14(13)20(23)24;1-4(8)11-7-5(9)2-3-6(7)10;1-4-7(5-2)6-3;1-2-4-5-3-1/h6-7,9-14H,1-5,8,15-16,29H2;3,5-6,9-12,15H,4,7-8,13-14H2,1-2H3,(H,25,32)(H,26,33)(H,27,34);2*1-10,21H,(H,23,24);2-3H2,1H3;4-6H2,1-3H3;1-4H2. The van der Waals surface area contributed by atoms with Crippen molar-refractivity contribution >= 4 is 86.6 Å². The monoisotopic (exact) mass is 1940 g/mol. The summed E-state index contributed by atoms with van der Waals surface area (Å²) >= 11 is 0. The van der Waals surface area contributed by atoms with Crippen LogP contribution in [0.3, 0.4) is 0 Å². The largest absolute Gasteiger partial charge is 0.508 e. The molecule has 6 heterocycles. The number of aromatic carboxylic acids is 2. The Morgan fingerprint density at radius 2 is 0.908 bits per heavy atom. The third-order valence-corrected chi connectivity index (χ3v) is 21.8. The summed E-state index contributed by atoms with van der Waals surface area (Å²) in [6.45, 7) is 17.9. The van der Waals surface area contributed by atoms with E-state index in [1.54, 1.807) is 91.0 Å². The van der Waals surface area contributed by atoms with Crippen LogP contribution in [-0.4, -0.2) is 183 Å². The lowest BCUT2D eigenvalue weighted by atomic mass is 9.91. The molecule has 37 heteroatoms. The fourth-order valence-electron chi connectivity index (χ4n) is 14.5. The van der Waals surface area contributed by atoms with E-state index in [0.717, 1.165) is 49.0 Å². The summed E-state index contributed by atoms with van der Waals surface area (Å²) in [5, 5.41) is 81.2. The number of amides is 5. The van der Waals surface area contributed by atoms with Gasteiger partial charge in [0.1, 0.15) is 45.8 Å². The van der Waals surface area contributed by atoms with Gasteiger partial charge < -0.3 is 65.4 Å². The summed E-state index contributed by atoms with van der Waals surface area (Å²) in [5.41, 5.74) is 14.1. The Balaban J connectivity index is 0.000000182. The van der Waals surface area contributed by atoms with Gasteiger partial charge in [-0.2, -0.15) is 13.2 Å². The summed E-state index contributed by atoms with van der Waals surface area (Å²) < 4.78 is 54.6. The van der Waals surface area contributed by atoms with Crippen LogP contribution in [0.2, 0.25) is 0 Å². The Morgan fingerprint density at radius 3 is 1.35 bits per heavy atom. The van der Waals surface area contributed by atoms with E-state index in [4.69, 9.17) is 19.3 Å². The van der Waals surface area contributed by atoms with Gasteiger partial charge in [-0.3, -0.25) is 43.2 Å². The molecular formula is C105H107F3N14O20. The van der Waals surface area contributed by atoms with Gasteiger partial charge in [0.25, 0.3) is 11.8 Å². The molecule has 34 nitrogen and oxygen atoms in total. The lowest BCUT2D eigenvalue weighted by Crippen LogP contribution is -2.33. The molecule has 2 fully saturated rings. The molecule has 2 saturated heterocycles. The molecule has 6 aliphatic rings. The number of nitrogens with zero attached hydrogens (tertiary/aromatic N) is 10. The summed E-state index contributed by atoms with van der Waals surface area (Å²) in [6, 6.07) is 58.0. The van der Waals surface area contributed by atoms with E-state index in [0.29, 0.717) is 177 Å². The Labute approximate surface area is 813 Å². The molecule has 9 N–H and O–H groups in total. The first-order chi connectivity index (χ1) is 68.2. The maximum Gasteiger partial charge on any atom is 0.416 e. The molecule has 738 valence electrons. The van der Waals surface area contributed by atoms with E-state index in [-0.39, 0.29) is 100 Å². The van der Waals surface area contributed by atoms with Crippen LogP contribution in [0.15, 0.2) is 237 Å². The van der Waals surface area contributed by atoms with Crippen molar-refractivity contribution in [3.8, 4) is 102 Å².